The molecule has 0 aromatic rings. The van der Waals surface area contributed by atoms with Gasteiger partial charge < -0.3 is 10.1 Å². The maximum absolute atomic E-state index is 11.3. The molecule has 5 nitrogen and oxygen atoms in total. The Morgan fingerprint density at radius 2 is 2.08 bits per heavy atom. The zero-order valence-corrected chi connectivity index (χ0v) is 6.96. The molecule has 0 bridgehead atoms. The molecule has 1 N–H and O–H groups in total. The average molecular weight is 170 g/mol. The van der Waals surface area contributed by atoms with Crippen LogP contribution in [0.25, 0.3) is 0 Å². The first-order valence-corrected chi connectivity index (χ1v) is 3.57. The molecule has 66 valence electrons. The highest BCUT2D eigenvalue weighted by Crippen LogP contribution is 2.15. The molecule has 0 radical (unpaired) electrons. The Labute approximate surface area is 69.7 Å². The lowest BCUT2D eigenvalue weighted by Gasteiger charge is -2.13. The van der Waals surface area contributed by atoms with E-state index in [2.05, 4.69) is 5.32 Å². The Bertz CT molecular complexity index is 247. The van der Waals surface area contributed by atoms with Crippen molar-refractivity contribution >= 4 is 18.2 Å². The fourth-order valence-electron chi connectivity index (χ4n) is 1.06. The van der Waals surface area contributed by atoms with Crippen LogP contribution >= 0.6 is 0 Å². The van der Waals surface area contributed by atoms with Gasteiger partial charge in [0, 0.05) is 0 Å². The quantitative estimate of drug-likeness (QED) is 0.449. The Kier molecular flexibility index (Phi) is 1.87. The van der Waals surface area contributed by atoms with Gasteiger partial charge in [0.05, 0.1) is 6.54 Å². The molecule has 0 spiro atoms. The summed E-state index contributed by atoms with van der Waals surface area (Å²) in [6.45, 7) is 3.02. The van der Waals surface area contributed by atoms with Gasteiger partial charge in [-0.05, 0) is 13.8 Å². The van der Waals surface area contributed by atoms with Crippen LogP contribution in [0.4, 0.5) is 4.79 Å². The third-order valence-corrected chi connectivity index (χ3v) is 1.70. The Morgan fingerprint density at radius 1 is 1.50 bits per heavy atom. The summed E-state index contributed by atoms with van der Waals surface area (Å²) in [7, 11) is 0. The molecule has 0 atom stereocenters. The van der Waals surface area contributed by atoms with E-state index in [-0.39, 0.29) is 12.5 Å². The molecular formula is C7H10N2O3. The molecule has 1 saturated heterocycles. The van der Waals surface area contributed by atoms with Gasteiger partial charge in [-0.2, -0.15) is 0 Å². The lowest BCUT2D eigenvalue weighted by Crippen LogP contribution is -2.40. The Balaban J connectivity index is 2.85. The number of carbonyl (C=O) groups excluding carboxylic acids is 3. The van der Waals surface area contributed by atoms with Crippen molar-refractivity contribution in [3.8, 4) is 0 Å². The summed E-state index contributed by atoms with van der Waals surface area (Å²) < 4.78 is 0. The maximum atomic E-state index is 11.3. The first-order valence-electron chi connectivity index (χ1n) is 3.57. The van der Waals surface area contributed by atoms with Gasteiger partial charge in [0.1, 0.15) is 11.8 Å². The second-order valence-electron chi connectivity index (χ2n) is 3.14. The number of carbonyl (C=O) groups is 3. The van der Waals surface area contributed by atoms with Crippen LogP contribution in [0.2, 0.25) is 0 Å². The van der Waals surface area contributed by atoms with E-state index in [1.807, 2.05) is 0 Å². The van der Waals surface area contributed by atoms with Gasteiger partial charge in [0.2, 0.25) is 0 Å². The molecule has 1 fully saturated rings. The van der Waals surface area contributed by atoms with Gasteiger partial charge in [0.15, 0.2) is 0 Å². The van der Waals surface area contributed by atoms with Crippen molar-refractivity contribution in [2.75, 3.05) is 6.54 Å². The van der Waals surface area contributed by atoms with Crippen LogP contribution in [0.1, 0.15) is 13.8 Å². The standard InChI is InChI=1S/C7H10N2O3/c1-7(2)5(11)9(3-4-10)6(12)8-7/h4H,3H2,1-2H3,(H,8,12). The number of rotatable bonds is 2. The molecule has 12 heavy (non-hydrogen) atoms. The Morgan fingerprint density at radius 3 is 2.42 bits per heavy atom. The van der Waals surface area contributed by atoms with E-state index in [1.54, 1.807) is 13.8 Å². The molecule has 1 heterocycles. The van der Waals surface area contributed by atoms with Crippen LogP contribution in [-0.4, -0.2) is 35.2 Å². The molecule has 0 saturated carbocycles. The summed E-state index contributed by atoms with van der Waals surface area (Å²) in [6.07, 6.45) is 0.527. The number of hydrogen-bond donors (Lipinski definition) is 1. The van der Waals surface area contributed by atoms with E-state index in [4.69, 9.17) is 0 Å². The predicted octanol–water partition coefficient (Wildman–Crippen LogP) is -0.484. The van der Waals surface area contributed by atoms with Crippen LogP contribution < -0.4 is 5.32 Å². The van der Waals surface area contributed by atoms with Crippen LogP contribution in [0, 0.1) is 0 Å². The number of nitrogens with one attached hydrogen (secondary N) is 1. The van der Waals surface area contributed by atoms with E-state index >= 15 is 0 Å². The summed E-state index contributed by atoms with van der Waals surface area (Å²) in [5, 5.41) is 2.46. The fraction of sp³-hybridized carbons (Fsp3) is 0.571. The van der Waals surface area contributed by atoms with Gasteiger partial charge in [-0.25, -0.2) is 4.79 Å². The number of amides is 3. The molecule has 5 heteroatoms. The molecule has 1 aliphatic rings. The molecule has 0 aliphatic carbocycles. The van der Waals surface area contributed by atoms with E-state index in [9.17, 15) is 14.4 Å². The summed E-state index contributed by atoms with van der Waals surface area (Å²) in [5.74, 6) is -0.361. The van der Waals surface area contributed by atoms with Crippen molar-refractivity contribution < 1.29 is 14.4 Å². The highest BCUT2D eigenvalue weighted by molar-refractivity contribution is 6.07. The van der Waals surface area contributed by atoms with Crippen LogP contribution in [0.3, 0.4) is 0 Å². The number of hydrogen-bond acceptors (Lipinski definition) is 3. The van der Waals surface area contributed by atoms with Gasteiger partial charge in [-0.3, -0.25) is 9.69 Å². The lowest BCUT2D eigenvalue weighted by molar-refractivity contribution is -0.131. The monoisotopic (exact) mass is 170 g/mol. The molecule has 1 rings (SSSR count). The van der Waals surface area contributed by atoms with Gasteiger partial charge in [-0.15, -0.1) is 0 Å². The summed E-state index contributed by atoms with van der Waals surface area (Å²) in [5.41, 5.74) is -0.875. The van der Waals surface area contributed by atoms with Crippen LogP contribution in [0.15, 0.2) is 0 Å². The van der Waals surface area contributed by atoms with Gasteiger partial charge >= 0.3 is 6.03 Å². The van der Waals surface area contributed by atoms with Gasteiger partial charge in [0.25, 0.3) is 5.91 Å². The van der Waals surface area contributed by atoms with Crippen molar-refractivity contribution in [2.45, 2.75) is 19.4 Å². The van der Waals surface area contributed by atoms with E-state index in [0.29, 0.717) is 6.29 Å². The smallest absolute Gasteiger partial charge is 0.324 e. The van der Waals surface area contributed by atoms with E-state index in [0.717, 1.165) is 4.90 Å². The van der Waals surface area contributed by atoms with Crippen LogP contribution in [-0.2, 0) is 9.59 Å². The minimum absolute atomic E-state index is 0.173. The van der Waals surface area contributed by atoms with Gasteiger partial charge in [-0.1, -0.05) is 0 Å². The predicted molar refractivity (Wildman–Crippen MR) is 40.4 cm³/mol. The largest absolute Gasteiger partial charge is 0.325 e. The zero-order valence-electron chi connectivity index (χ0n) is 6.96. The van der Waals surface area contributed by atoms with E-state index in [1.165, 1.54) is 0 Å². The van der Waals surface area contributed by atoms with E-state index < -0.39 is 11.6 Å². The maximum Gasteiger partial charge on any atom is 0.325 e. The SMILES string of the molecule is CC1(C)NC(=O)N(CC=O)C1=O. The highest BCUT2D eigenvalue weighted by atomic mass is 16.2. The third-order valence-electron chi connectivity index (χ3n) is 1.70. The average Bonchev–Trinajstić information content (AvgIpc) is 2.13. The third kappa shape index (κ3) is 1.17. The van der Waals surface area contributed by atoms with Crippen molar-refractivity contribution in [1.29, 1.82) is 0 Å². The van der Waals surface area contributed by atoms with Crippen LogP contribution in [0.5, 0.6) is 0 Å². The number of urea groups is 1. The van der Waals surface area contributed by atoms with Crippen molar-refractivity contribution in [1.82, 2.24) is 10.2 Å². The number of imide groups is 1. The second kappa shape index (κ2) is 2.58. The van der Waals surface area contributed by atoms with Crippen molar-refractivity contribution in [2.24, 2.45) is 0 Å². The molecule has 0 aromatic heterocycles. The summed E-state index contributed by atoms with van der Waals surface area (Å²) in [6, 6.07) is -0.503. The fourth-order valence-corrected chi connectivity index (χ4v) is 1.06. The molecule has 0 unspecified atom stereocenters. The zero-order chi connectivity index (χ0) is 9.35. The first kappa shape index (κ1) is 8.70. The molecular weight excluding hydrogens is 160 g/mol. The minimum Gasteiger partial charge on any atom is -0.324 e. The molecule has 0 aromatic carbocycles. The normalized spacial score (nSPS) is 21.0. The molecule has 3 amide bonds. The second-order valence-corrected chi connectivity index (χ2v) is 3.14. The minimum atomic E-state index is -0.875. The number of nitrogens with zero attached hydrogens (tertiary/aromatic N) is 1. The lowest BCUT2D eigenvalue weighted by atomic mass is 10.1. The summed E-state index contributed by atoms with van der Waals surface area (Å²) in [4.78, 5) is 33.3. The van der Waals surface area contributed by atoms with Crippen molar-refractivity contribution in [3.63, 3.8) is 0 Å². The van der Waals surface area contributed by atoms with Crippen molar-refractivity contribution in [3.05, 3.63) is 0 Å². The number of aldehydes is 1. The first-order chi connectivity index (χ1) is 5.49. The highest BCUT2D eigenvalue weighted by Gasteiger charge is 2.43. The summed E-state index contributed by atoms with van der Waals surface area (Å²) >= 11 is 0. The Hall–Kier alpha value is -1.39. The topological polar surface area (TPSA) is 66.5 Å². The molecule has 1 aliphatic heterocycles.